The first-order valence-corrected chi connectivity index (χ1v) is 9.61. The summed E-state index contributed by atoms with van der Waals surface area (Å²) in [5, 5.41) is 11.9. The van der Waals surface area contributed by atoms with Crippen LogP contribution in [0.2, 0.25) is 5.02 Å². The van der Waals surface area contributed by atoms with Crippen molar-refractivity contribution >= 4 is 56.4 Å². The molecule has 0 spiro atoms. The second kappa shape index (κ2) is 8.20. The van der Waals surface area contributed by atoms with E-state index in [4.69, 9.17) is 23.8 Å². The van der Waals surface area contributed by atoms with Crippen LogP contribution in [0.15, 0.2) is 53.1 Å². The molecule has 0 radical (unpaired) electrons. The molecule has 4 nitrogen and oxygen atoms in total. The second-order valence-corrected chi connectivity index (χ2v) is 7.75. The summed E-state index contributed by atoms with van der Waals surface area (Å²) in [6.45, 7) is 4.76. The Morgan fingerprint density at radius 3 is 2.62 bits per heavy atom. The van der Waals surface area contributed by atoms with E-state index >= 15 is 0 Å². The Morgan fingerprint density at radius 2 is 1.88 bits per heavy atom. The highest BCUT2D eigenvalue weighted by Gasteiger charge is 2.10. The molecule has 2 aromatic carbocycles. The van der Waals surface area contributed by atoms with Crippen molar-refractivity contribution in [3.8, 4) is 0 Å². The minimum Gasteiger partial charge on any atom is -0.332 e. The summed E-state index contributed by atoms with van der Waals surface area (Å²) in [6.07, 6.45) is 1.93. The van der Waals surface area contributed by atoms with Crippen LogP contribution in [0.5, 0.6) is 0 Å². The van der Waals surface area contributed by atoms with Gasteiger partial charge in [0, 0.05) is 16.9 Å². The minimum atomic E-state index is 0.455. The first-order valence-electron chi connectivity index (χ1n) is 8.03. The van der Waals surface area contributed by atoms with Crippen LogP contribution in [0, 0.1) is 13.8 Å². The van der Waals surface area contributed by atoms with Crippen LogP contribution in [-0.2, 0) is 6.54 Å². The summed E-state index contributed by atoms with van der Waals surface area (Å²) in [7, 11) is 0. The quantitative estimate of drug-likeness (QED) is 0.496. The Morgan fingerprint density at radius 1 is 1.15 bits per heavy atom. The first kappa shape index (κ1) is 18.9. The SMILES string of the molecule is Cc1ccc(Cn2cc(Br)c(NC(=S)Nc3cc(Cl)ccc3C)n2)cc1. The molecule has 0 amide bonds. The van der Waals surface area contributed by atoms with Crippen molar-refractivity contribution in [2.45, 2.75) is 20.4 Å². The van der Waals surface area contributed by atoms with E-state index in [1.54, 1.807) is 0 Å². The summed E-state index contributed by atoms with van der Waals surface area (Å²) in [4.78, 5) is 0. The van der Waals surface area contributed by atoms with E-state index in [0.29, 0.717) is 22.5 Å². The van der Waals surface area contributed by atoms with Gasteiger partial charge in [-0.2, -0.15) is 5.10 Å². The summed E-state index contributed by atoms with van der Waals surface area (Å²) in [6, 6.07) is 14.0. The van der Waals surface area contributed by atoms with Gasteiger partial charge in [0.15, 0.2) is 10.9 Å². The third-order valence-electron chi connectivity index (χ3n) is 3.86. The lowest BCUT2D eigenvalue weighted by molar-refractivity contribution is 0.689. The summed E-state index contributed by atoms with van der Waals surface area (Å²) < 4.78 is 2.71. The Balaban J connectivity index is 1.68. The molecule has 1 heterocycles. The van der Waals surface area contributed by atoms with Crippen LogP contribution >= 0.6 is 39.7 Å². The van der Waals surface area contributed by atoms with Crippen molar-refractivity contribution in [1.29, 1.82) is 0 Å². The van der Waals surface area contributed by atoms with Gasteiger partial charge in [0.05, 0.1) is 11.0 Å². The van der Waals surface area contributed by atoms with Crippen molar-refractivity contribution in [3.63, 3.8) is 0 Å². The fourth-order valence-electron chi connectivity index (χ4n) is 2.43. The molecule has 3 aromatic rings. The van der Waals surface area contributed by atoms with Crippen LogP contribution in [0.3, 0.4) is 0 Å². The highest BCUT2D eigenvalue weighted by atomic mass is 79.9. The molecule has 1 aromatic heterocycles. The Kier molecular flexibility index (Phi) is 5.96. The van der Waals surface area contributed by atoms with Gasteiger partial charge >= 0.3 is 0 Å². The van der Waals surface area contributed by atoms with E-state index in [1.165, 1.54) is 11.1 Å². The average molecular weight is 450 g/mol. The normalized spacial score (nSPS) is 10.6. The Hall–Kier alpha value is -1.89. The number of aryl methyl sites for hydroxylation is 2. The van der Waals surface area contributed by atoms with Crippen molar-refractivity contribution < 1.29 is 0 Å². The third kappa shape index (κ3) is 4.84. The number of anilines is 2. The van der Waals surface area contributed by atoms with Gasteiger partial charge in [-0.15, -0.1) is 0 Å². The van der Waals surface area contributed by atoms with Crippen molar-refractivity contribution in [2.75, 3.05) is 10.6 Å². The van der Waals surface area contributed by atoms with Gasteiger partial charge in [-0.25, -0.2) is 0 Å². The van der Waals surface area contributed by atoms with Crippen LogP contribution in [-0.4, -0.2) is 14.9 Å². The van der Waals surface area contributed by atoms with Crippen molar-refractivity contribution in [3.05, 3.63) is 74.8 Å². The smallest absolute Gasteiger partial charge is 0.176 e. The number of thiocarbonyl (C=S) groups is 1. The lowest BCUT2D eigenvalue weighted by atomic mass is 10.1. The van der Waals surface area contributed by atoms with Gasteiger partial charge < -0.3 is 10.6 Å². The maximum Gasteiger partial charge on any atom is 0.176 e. The van der Waals surface area contributed by atoms with Crippen LogP contribution < -0.4 is 10.6 Å². The standard InChI is InChI=1S/C19H18BrClN4S/c1-12-3-6-14(7-4-12)10-25-11-16(20)18(24-25)23-19(26)22-17-9-15(21)8-5-13(17)2/h3-9,11H,10H2,1-2H3,(H2,22,23,24,26). The molecule has 0 aliphatic rings. The van der Waals surface area contributed by atoms with E-state index in [-0.39, 0.29) is 0 Å². The van der Waals surface area contributed by atoms with Gasteiger partial charge in [0.25, 0.3) is 0 Å². The van der Waals surface area contributed by atoms with Gasteiger partial charge in [-0.05, 0) is 65.3 Å². The van der Waals surface area contributed by atoms with Gasteiger partial charge in [0.1, 0.15) is 0 Å². The zero-order valence-corrected chi connectivity index (χ0v) is 17.5. The molecular weight excluding hydrogens is 432 g/mol. The summed E-state index contributed by atoms with van der Waals surface area (Å²) in [5.41, 5.74) is 4.35. The molecule has 0 aliphatic carbocycles. The van der Waals surface area contributed by atoms with Gasteiger partial charge in [-0.1, -0.05) is 47.5 Å². The number of rotatable bonds is 4. The fourth-order valence-corrected chi connectivity index (χ4v) is 3.23. The zero-order chi connectivity index (χ0) is 18.7. The van der Waals surface area contributed by atoms with E-state index in [0.717, 1.165) is 15.7 Å². The second-order valence-electron chi connectivity index (χ2n) is 6.05. The monoisotopic (exact) mass is 448 g/mol. The molecule has 134 valence electrons. The number of hydrogen-bond acceptors (Lipinski definition) is 2. The Bertz CT molecular complexity index is 937. The molecule has 0 saturated carbocycles. The molecule has 26 heavy (non-hydrogen) atoms. The number of nitrogens with one attached hydrogen (secondary N) is 2. The van der Waals surface area contributed by atoms with E-state index in [9.17, 15) is 0 Å². The highest BCUT2D eigenvalue weighted by Crippen LogP contribution is 2.23. The number of halogens is 2. The predicted octanol–water partition coefficient (Wildman–Crippen LogP) is 5.77. The molecule has 2 N–H and O–H groups in total. The topological polar surface area (TPSA) is 41.9 Å². The third-order valence-corrected chi connectivity index (χ3v) is 4.88. The first-order chi connectivity index (χ1) is 12.4. The van der Waals surface area contributed by atoms with E-state index in [2.05, 4.69) is 62.9 Å². The van der Waals surface area contributed by atoms with E-state index < -0.39 is 0 Å². The number of benzene rings is 2. The molecule has 0 fully saturated rings. The van der Waals surface area contributed by atoms with Crippen LogP contribution in [0.4, 0.5) is 11.5 Å². The zero-order valence-electron chi connectivity index (χ0n) is 14.4. The number of nitrogens with zero attached hydrogens (tertiary/aromatic N) is 2. The number of aromatic nitrogens is 2. The van der Waals surface area contributed by atoms with Crippen molar-refractivity contribution in [1.82, 2.24) is 9.78 Å². The maximum atomic E-state index is 6.05. The van der Waals surface area contributed by atoms with Gasteiger partial charge in [0.2, 0.25) is 0 Å². The molecule has 3 rings (SSSR count). The van der Waals surface area contributed by atoms with Crippen LogP contribution in [0.1, 0.15) is 16.7 Å². The minimum absolute atomic E-state index is 0.455. The summed E-state index contributed by atoms with van der Waals surface area (Å²) >= 11 is 15.0. The molecular formula is C19H18BrClN4S. The molecule has 0 bridgehead atoms. The van der Waals surface area contributed by atoms with Gasteiger partial charge in [-0.3, -0.25) is 4.68 Å². The molecule has 0 atom stereocenters. The fraction of sp³-hybridized carbons (Fsp3) is 0.158. The summed E-state index contributed by atoms with van der Waals surface area (Å²) in [5.74, 6) is 0.661. The van der Waals surface area contributed by atoms with Crippen LogP contribution in [0.25, 0.3) is 0 Å². The number of hydrogen-bond donors (Lipinski definition) is 2. The molecule has 0 saturated heterocycles. The maximum absolute atomic E-state index is 6.05. The Labute approximate surface area is 171 Å². The molecule has 0 aliphatic heterocycles. The van der Waals surface area contributed by atoms with E-state index in [1.807, 2.05) is 36.0 Å². The largest absolute Gasteiger partial charge is 0.332 e. The molecule has 7 heteroatoms. The molecule has 0 unspecified atom stereocenters. The predicted molar refractivity (Wildman–Crippen MR) is 116 cm³/mol. The lowest BCUT2D eigenvalue weighted by Crippen LogP contribution is -2.20. The average Bonchev–Trinajstić information content (AvgIpc) is 2.92. The lowest BCUT2D eigenvalue weighted by Gasteiger charge is -2.11. The highest BCUT2D eigenvalue weighted by molar-refractivity contribution is 9.10. The van der Waals surface area contributed by atoms with Crippen molar-refractivity contribution in [2.24, 2.45) is 0 Å².